The van der Waals surface area contributed by atoms with Gasteiger partial charge in [0.05, 0.1) is 0 Å². The molecule has 1 saturated heterocycles. The number of fused-ring (bicyclic) bond motifs is 1. The van der Waals surface area contributed by atoms with Gasteiger partial charge in [-0.15, -0.1) is 0 Å². The van der Waals surface area contributed by atoms with E-state index >= 15 is 0 Å². The minimum Gasteiger partial charge on any atom is -0.480 e. The smallest absolute Gasteiger partial charge is 0.323 e. The molecule has 1 N–H and O–H groups in total. The second kappa shape index (κ2) is 3.01. The molecule has 1 saturated carbocycles. The van der Waals surface area contributed by atoms with Crippen molar-refractivity contribution in [2.24, 2.45) is 5.92 Å². The van der Waals surface area contributed by atoms with E-state index in [1.165, 1.54) is 0 Å². The number of hydrogen-bond donors (Lipinski definition) is 1. The minimum absolute atomic E-state index is 0.0251. The van der Waals surface area contributed by atoms with Crippen molar-refractivity contribution < 1.29 is 14.7 Å². The van der Waals surface area contributed by atoms with Gasteiger partial charge in [-0.3, -0.25) is 9.59 Å². The van der Waals surface area contributed by atoms with E-state index in [0.29, 0.717) is 12.3 Å². The van der Waals surface area contributed by atoms with E-state index in [1.54, 1.807) is 4.90 Å². The highest BCUT2D eigenvalue weighted by atomic mass is 16.4. The molecule has 13 heavy (non-hydrogen) atoms. The number of carboxylic acid groups (broad SMARTS) is 1. The van der Waals surface area contributed by atoms with Crippen LogP contribution in [-0.4, -0.2) is 34.5 Å². The third kappa shape index (κ3) is 1.41. The van der Waals surface area contributed by atoms with Crippen LogP contribution in [0.15, 0.2) is 0 Å². The van der Waals surface area contributed by atoms with Crippen molar-refractivity contribution in [2.45, 2.75) is 31.7 Å². The topological polar surface area (TPSA) is 57.6 Å². The van der Waals surface area contributed by atoms with Crippen LogP contribution in [0.25, 0.3) is 0 Å². The Bertz CT molecular complexity index is 251. The van der Waals surface area contributed by atoms with Gasteiger partial charge in [0.1, 0.15) is 6.54 Å². The average Bonchev–Trinajstić information content (AvgIpc) is 2.55. The number of hydrogen-bond acceptors (Lipinski definition) is 2. The molecule has 1 amide bonds. The monoisotopic (exact) mass is 183 g/mol. The van der Waals surface area contributed by atoms with Crippen LogP contribution in [0, 0.1) is 5.92 Å². The van der Waals surface area contributed by atoms with Crippen LogP contribution in [0.4, 0.5) is 0 Å². The Morgan fingerprint density at radius 2 is 2.31 bits per heavy atom. The third-order valence-electron chi connectivity index (χ3n) is 3.08. The van der Waals surface area contributed by atoms with Gasteiger partial charge in [-0.1, -0.05) is 6.42 Å². The molecule has 0 aromatic rings. The van der Waals surface area contributed by atoms with Gasteiger partial charge < -0.3 is 10.0 Å². The minimum atomic E-state index is -0.902. The number of aliphatic carboxylic acids is 1. The van der Waals surface area contributed by atoms with Crippen LogP contribution >= 0.6 is 0 Å². The van der Waals surface area contributed by atoms with Crippen LogP contribution in [0.2, 0.25) is 0 Å². The number of likely N-dealkylation sites (tertiary alicyclic amines) is 1. The van der Waals surface area contributed by atoms with Gasteiger partial charge >= 0.3 is 5.97 Å². The quantitative estimate of drug-likeness (QED) is 0.677. The number of carboxylic acids is 1. The second-order valence-electron chi connectivity index (χ2n) is 3.88. The molecule has 72 valence electrons. The van der Waals surface area contributed by atoms with Crippen molar-refractivity contribution in [3.05, 3.63) is 0 Å². The molecule has 0 aromatic carbocycles. The Morgan fingerprint density at radius 3 is 3.00 bits per heavy atom. The van der Waals surface area contributed by atoms with Gasteiger partial charge in [-0.2, -0.15) is 0 Å². The van der Waals surface area contributed by atoms with Gasteiger partial charge in [0, 0.05) is 12.5 Å². The van der Waals surface area contributed by atoms with E-state index in [0.717, 1.165) is 19.3 Å². The van der Waals surface area contributed by atoms with Gasteiger partial charge in [0.25, 0.3) is 0 Å². The van der Waals surface area contributed by atoms with Crippen LogP contribution in [0.1, 0.15) is 25.7 Å². The summed E-state index contributed by atoms with van der Waals surface area (Å²) in [5.41, 5.74) is 0. The van der Waals surface area contributed by atoms with Crippen LogP contribution in [0.3, 0.4) is 0 Å². The summed E-state index contributed by atoms with van der Waals surface area (Å²) < 4.78 is 0. The molecule has 0 aromatic heterocycles. The Labute approximate surface area is 76.5 Å². The molecule has 1 heterocycles. The molecular weight excluding hydrogens is 170 g/mol. The van der Waals surface area contributed by atoms with Gasteiger partial charge in [0.15, 0.2) is 0 Å². The first kappa shape index (κ1) is 8.53. The zero-order valence-electron chi connectivity index (χ0n) is 7.40. The molecule has 0 bridgehead atoms. The molecular formula is C9H13NO3. The summed E-state index contributed by atoms with van der Waals surface area (Å²) in [5.74, 6) is -0.440. The molecule has 4 nitrogen and oxygen atoms in total. The predicted octanol–water partition coefficient (Wildman–Crippen LogP) is 0.472. The Balaban J connectivity index is 2.08. The zero-order chi connectivity index (χ0) is 9.42. The number of amides is 1. The summed E-state index contributed by atoms with van der Waals surface area (Å²) >= 11 is 0. The Kier molecular flexibility index (Phi) is 1.98. The number of rotatable bonds is 2. The molecule has 2 unspecified atom stereocenters. The van der Waals surface area contributed by atoms with Crippen LogP contribution in [-0.2, 0) is 9.59 Å². The van der Waals surface area contributed by atoms with E-state index in [4.69, 9.17) is 5.11 Å². The van der Waals surface area contributed by atoms with Crippen molar-refractivity contribution >= 4 is 11.9 Å². The SMILES string of the molecule is O=C(O)CN1C(=O)CC2CCCC21. The summed E-state index contributed by atoms with van der Waals surface area (Å²) in [7, 11) is 0. The summed E-state index contributed by atoms with van der Waals surface area (Å²) in [6.07, 6.45) is 3.78. The van der Waals surface area contributed by atoms with E-state index in [9.17, 15) is 9.59 Å². The maximum atomic E-state index is 11.4. The molecule has 1 aliphatic carbocycles. The maximum Gasteiger partial charge on any atom is 0.323 e. The summed E-state index contributed by atoms with van der Waals surface area (Å²) in [5, 5.41) is 8.62. The van der Waals surface area contributed by atoms with Gasteiger partial charge in [-0.25, -0.2) is 0 Å². The van der Waals surface area contributed by atoms with Crippen molar-refractivity contribution in [3.8, 4) is 0 Å². The zero-order valence-corrected chi connectivity index (χ0v) is 7.40. The maximum absolute atomic E-state index is 11.4. The Morgan fingerprint density at radius 1 is 1.54 bits per heavy atom. The second-order valence-corrected chi connectivity index (χ2v) is 3.88. The lowest BCUT2D eigenvalue weighted by atomic mass is 10.0. The Hall–Kier alpha value is -1.06. The lowest BCUT2D eigenvalue weighted by Crippen LogP contribution is -2.37. The molecule has 1 aliphatic heterocycles. The number of carbonyl (C=O) groups is 2. The number of carbonyl (C=O) groups excluding carboxylic acids is 1. The highest BCUT2D eigenvalue weighted by molar-refractivity contribution is 5.83. The fourth-order valence-corrected chi connectivity index (χ4v) is 2.54. The lowest BCUT2D eigenvalue weighted by Gasteiger charge is -2.21. The van der Waals surface area contributed by atoms with Crippen molar-refractivity contribution in [1.29, 1.82) is 0 Å². The first-order chi connectivity index (χ1) is 6.18. The molecule has 0 spiro atoms. The normalized spacial score (nSPS) is 32.3. The first-order valence-corrected chi connectivity index (χ1v) is 4.70. The standard InChI is InChI=1S/C9H13NO3/c11-8-4-6-2-1-3-7(6)10(8)5-9(12)13/h6-7H,1-5H2,(H,12,13). The lowest BCUT2D eigenvalue weighted by molar-refractivity contribution is -0.143. The summed E-state index contributed by atoms with van der Waals surface area (Å²) in [6.45, 7) is -0.111. The van der Waals surface area contributed by atoms with Gasteiger partial charge in [0.2, 0.25) is 5.91 Å². The van der Waals surface area contributed by atoms with Gasteiger partial charge in [-0.05, 0) is 18.8 Å². The molecule has 2 atom stereocenters. The highest BCUT2D eigenvalue weighted by Crippen LogP contribution is 2.38. The fraction of sp³-hybridized carbons (Fsp3) is 0.778. The highest BCUT2D eigenvalue weighted by Gasteiger charge is 2.42. The third-order valence-corrected chi connectivity index (χ3v) is 3.08. The van der Waals surface area contributed by atoms with Crippen molar-refractivity contribution in [1.82, 2.24) is 4.90 Å². The van der Waals surface area contributed by atoms with E-state index in [-0.39, 0.29) is 18.5 Å². The van der Waals surface area contributed by atoms with E-state index in [2.05, 4.69) is 0 Å². The molecule has 2 aliphatic rings. The summed E-state index contributed by atoms with van der Waals surface area (Å²) in [6, 6.07) is 0.226. The first-order valence-electron chi connectivity index (χ1n) is 4.70. The predicted molar refractivity (Wildman–Crippen MR) is 45.1 cm³/mol. The van der Waals surface area contributed by atoms with Crippen LogP contribution in [0.5, 0.6) is 0 Å². The molecule has 2 rings (SSSR count). The van der Waals surface area contributed by atoms with Crippen molar-refractivity contribution in [2.75, 3.05) is 6.54 Å². The summed E-state index contributed by atoms with van der Waals surface area (Å²) in [4.78, 5) is 23.4. The fourth-order valence-electron chi connectivity index (χ4n) is 2.54. The van der Waals surface area contributed by atoms with Crippen molar-refractivity contribution in [3.63, 3.8) is 0 Å². The molecule has 0 radical (unpaired) electrons. The molecule has 2 fully saturated rings. The number of nitrogens with zero attached hydrogens (tertiary/aromatic N) is 1. The van der Waals surface area contributed by atoms with Crippen LogP contribution < -0.4 is 0 Å². The van der Waals surface area contributed by atoms with E-state index < -0.39 is 5.97 Å². The largest absolute Gasteiger partial charge is 0.480 e. The van der Waals surface area contributed by atoms with E-state index in [1.807, 2.05) is 0 Å². The molecule has 4 heteroatoms. The average molecular weight is 183 g/mol.